The Balaban J connectivity index is -0.00000183. The van der Waals surface area contributed by atoms with Crippen LogP contribution in [0.5, 0.6) is 0 Å². The van der Waals surface area contributed by atoms with Crippen molar-refractivity contribution in [3.63, 3.8) is 0 Å². The highest BCUT2D eigenvalue weighted by molar-refractivity contribution is 6.15. The van der Waals surface area contributed by atoms with Crippen LogP contribution in [0.3, 0.4) is 0 Å². The summed E-state index contributed by atoms with van der Waals surface area (Å²) in [7, 11) is 2.17. The molecule has 2 nitrogen and oxygen atoms in total. The maximum Gasteiger partial charge on any atom is 0.0547 e. The van der Waals surface area contributed by atoms with Crippen molar-refractivity contribution in [3.05, 3.63) is 188 Å². The van der Waals surface area contributed by atoms with E-state index in [-0.39, 0.29) is 0 Å². The summed E-state index contributed by atoms with van der Waals surface area (Å²) in [6.45, 7) is 40.0. The zero-order valence-corrected chi connectivity index (χ0v) is 46.3. The molecule has 0 N–H and O–H groups in total. The largest absolute Gasteiger partial charge is 0.344 e. The van der Waals surface area contributed by atoms with Crippen LogP contribution in [0.25, 0.3) is 43.8 Å². The smallest absolute Gasteiger partial charge is 0.0547 e. The van der Waals surface area contributed by atoms with Gasteiger partial charge in [-0.15, -0.1) is 0 Å². The molecule has 0 saturated heterocycles. The molecule has 0 aliphatic carbocycles. The lowest BCUT2D eigenvalue weighted by atomic mass is 9.89. The Morgan fingerprint density at radius 1 is 0.254 bits per heavy atom. The molecule has 0 bridgehead atoms. The topological polar surface area (TPSA) is 6.48 Å². The molecule has 8 aromatic rings. The lowest BCUT2D eigenvalue weighted by Gasteiger charge is -2.32. The van der Waals surface area contributed by atoms with Crippen molar-refractivity contribution in [2.75, 3.05) is 16.8 Å². The van der Waals surface area contributed by atoms with E-state index in [9.17, 15) is 0 Å². The van der Waals surface area contributed by atoms with Gasteiger partial charge in [0.25, 0.3) is 0 Å². The van der Waals surface area contributed by atoms with Crippen LogP contribution in [0.1, 0.15) is 138 Å². The van der Waals surface area contributed by atoms with Gasteiger partial charge in [0.05, 0.1) is 11.4 Å². The highest BCUT2D eigenvalue weighted by atomic mass is 15.2. The molecule has 8 rings (SSSR count). The van der Waals surface area contributed by atoms with Crippen molar-refractivity contribution in [2.45, 2.75) is 138 Å². The fourth-order valence-electron chi connectivity index (χ4n) is 6.82. The fourth-order valence-corrected chi connectivity index (χ4v) is 6.82. The number of anilines is 5. The summed E-state index contributed by atoms with van der Waals surface area (Å²) >= 11 is 0. The molecule has 0 radical (unpaired) electrons. The molecule has 364 valence electrons. The molecule has 0 atom stereocenters. The Hall–Kier alpha value is -6.12. The molecule has 67 heavy (non-hydrogen) atoms. The fraction of sp³-hybridized carbons (Fsp3) is 0.323. The van der Waals surface area contributed by atoms with Gasteiger partial charge < -0.3 is 9.80 Å². The van der Waals surface area contributed by atoms with Crippen molar-refractivity contribution in [3.8, 4) is 22.3 Å². The molecule has 0 heterocycles. The summed E-state index contributed by atoms with van der Waals surface area (Å²) in [6, 6.07) is 67.5. The first-order chi connectivity index (χ1) is 33.3. The van der Waals surface area contributed by atoms with Gasteiger partial charge in [-0.3, -0.25) is 0 Å². The first-order valence-corrected chi connectivity index (χ1v) is 26.1. The number of rotatable bonds is 7. The van der Waals surface area contributed by atoms with Gasteiger partial charge in [-0.1, -0.05) is 284 Å². The summed E-state index contributed by atoms with van der Waals surface area (Å²) in [5.41, 5.74) is 10.4. The van der Waals surface area contributed by atoms with Crippen LogP contribution in [0.4, 0.5) is 28.4 Å². The minimum Gasteiger partial charge on any atom is -0.344 e. The van der Waals surface area contributed by atoms with Crippen LogP contribution in [0, 0.1) is 0 Å². The Morgan fingerprint density at radius 2 is 0.582 bits per heavy atom. The third-order valence-corrected chi connectivity index (χ3v) is 9.05. The van der Waals surface area contributed by atoms with Gasteiger partial charge in [-0.2, -0.15) is 0 Å². The van der Waals surface area contributed by atoms with E-state index in [1.54, 1.807) is 0 Å². The molecule has 0 aromatic heterocycles. The number of hydrogen-bond donors (Lipinski definition) is 0. The summed E-state index contributed by atoms with van der Waals surface area (Å²) in [5, 5.41) is 4.84. The summed E-state index contributed by atoms with van der Waals surface area (Å²) in [5.74, 6) is 0. The molecule has 0 fully saturated rings. The average molecular weight is 903 g/mol. The quantitative estimate of drug-likeness (QED) is 0.157. The lowest BCUT2D eigenvalue weighted by Crippen LogP contribution is -2.14. The maximum absolute atomic E-state index is 2.44. The van der Waals surface area contributed by atoms with Gasteiger partial charge in [-0.05, 0) is 69.6 Å². The second-order valence-corrected chi connectivity index (χ2v) is 11.8. The number of fused-ring (bicyclic) bond motifs is 2. The molecular formula is C65H94N2. The van der Waals surface area contributed by atoms with E-state index in [1.165, 1.54) is 43.8 Å². The zero-order chi connectivity index (χ0) is 51.6. The Bertz CT molecular complexity index is 2310. The van der Waals surface area contributed by atoms with Gasteiger partial charge in [0.15, 0.2) is 0 Å². The molecule has 0 saturated carbocycles. The maximum atomic E-state index is 2.44. The molecule has 0 aliphatic heterocycles. The standard InChI is InChI=1S/C45H34N2.10C2H6/c1-46(36-21-7-3-8-22-36)42-31-29-34-19-11-13-26-39(34)44(42)45-40-27-14-12-20-35(40)30-32-43(45)47(37-23-9-4-10-24-37)41-28-16-15-25-38(41)33-17-5-2-6-18-33;10*1-2/h2-32H,1H3;10*1-2H3. The molecule has 8 aromatic carbocycles. The van der Waals surface area contributed by atoms with Crippen LogP contribution >= 0.6 is 0 Å². The van der Waals surface area contributed by atoms with Crippen molar-refractivity contribution in [1.82, 2.24) is 0 Å². The van der Waals surface area contributed by atoms with E-state index >= 15 is 0 Å². The SMILES string of the molecule is CC.CC.CC.CC.CC.CC.CC.CC.CC.CC.CN(c1ccccc1)c1ccc2ccccc2c1-c1c(N(c2ccccc2)c2ccccc2-c2ccccc2)ccc2ccccc12. The minimum absolute atomic E-state index is 1.10. The van der Waals surface area contributed by atoms with Crippen LogP contribution < -0.4 is 9.80 Å². The van der Waals surface area contributed by atoms with Crippen LogP contribution in [0.2, 0.25) is 0 Å². The summed E-state index contributed by atoms with van der Waals surface area (Å²) in [6.07, 6.45) is 0. The summed E-state index contributed by atoms with van der Waals surface area (Å²) in [4.78, 5) is 4.76. The van der Waals surface area contributed by atoms with Gasteiger partial charge >= 0.3 is 0 Å². The van der Waals surface area contributed by atoms with Crippen LogP contribution in [0.15, 0.2) is 188 Å². The van der Waals surface area contributed by atoms with Crippen molar-refractivity contribution < 1.29 is 0 Å². The van der Waals surface area contributed by atoms with Crippen molar-refractivity contribution >= 4 is 50.0 Å². The van der Waals surface area contributed by atoms with E-state index in [1.807, 2.05) is 138 Å². The normalized spacial score (nSPS) is 8.67. The summed E-state index contributed by atoms with van der Waals surface area (Å²) < 4.78 is 0. The van der Waals surface area contributed by atoms with E-state index in [0.29, 0.717) is 0 Å². The minimum atomic E-state index is 1.10. The van der Waals surface area contributed by atoms with Gasteiger partial charge in [0.1, 0.15) is 0 Å². The second kappa shape index (κ2) is 42.5. The number of hydrogen-bond acceptors (Lipinski definition) is 2. The molecule has 0 amide bonds. The molecule has 0 unspecified atom stereocenters. The Kier molecular flexibility index (Phi) is 41.3. The predicted molar refractivity (Wildman–Crippen MR) is 315 cm³/mol. The Labute approximate surface area is 413 Å². The molecule has 2 heteroatoms. The zero-order valence-electron chi connectivity index (χ0n) is 46.3. The Morgan fingerprint density at radius 3 is 1.03 bits per heavy atom. The van der Waals surface area contributed by atoms with Crippen molar-refractivity contribution in [2.24, 2.45) is 0 Å². The van der Waals surface area contributed by atoms with Gasteiger partial charge in [0.2, 0.25) is 0 Å². The van der Waals surface area contributed by atoms with E-state index in [4.69, 9.17) is 0 Å². The first kappa shape index (κ1) is 65.2. The third-order valence-electron chi connectivity index (χ3n) is 9.05. The average Bonchev–Trinajstić information content (AvgIpc) is 3.47. The van der Waals surface area contributed by atoms with Crippen LogP contribution in [-0.2, 0) is 0 Å². The number of benzene rings is 8. The first-order valence-electron chi connectivity index (χ1n) is 26.1. The van der Waals surface area contributed by atoms with Crippen LogP contribution in [-0.4, -0.2) is 7.05 Å². The molecule has 0 aliphatic rings. The predicted octanol–water partition coefficient (Wildman–Crippen LogP) is 22.8. The molecular weight excluding hydrogens is 809 g/mol. The van der Waals surface area contributed by atoms with Gasteiger partial charge in [-0.25, -0.2) is 0 Å². The number of nitrogens with zero attached hydrogens (tertiary/aromatic N) is 2. The highest BCUT2D eigenvalue weighted by Crippen LogP contribution is 2.51. The van der Waals surface area contributed by atoms with E-state index in [2.05, 4.69) is 205 Å². The van der Waals surface area contributed by atoms with Gasteiger partial charge in [0, 0.05) is 40.8 Å². The highest BCUT2D eigenvalue weighted by Gasteiger charge is 2.25. The monoisotopic (exact) mass is 903 g/mol. The second-order valence-electron chi connectivity index (χ2n) is 11.8. The molecule has 0 spiro atoms. The van der Waals surface area contributed by atoms with Crippen molar-refractivity contribution in [1.29, 1.82) is 0 Å². The van der Waals surface area contributed by atoms with E-state index in [0.717, 1.165) is 28.4 Å². The third kappa shape index (κ3) is 18.2. The number of para-hydroxylation sites is 3. The lowest BCUT2D eigenvalue weighted by molar-refractivity contribution is 1.21. The van der Waals surface area contributed by atoms with E-state index < -0.39 is 0 Å².